The molecule has 0 aliphatic heterocycles. The van der Waals surface area contributed by atoms with Gasteiger partial charge >= 0.3 is 0 Å². The van der Waals surface area contributed by atoms with Crippen molar-refractivity contribution < 1.29 is 9.84 Å². The molecular formula is C16H21NO2. The maximum Gasteiger partial charge on any atom is 0.119 e. The van der Waals surface area contributed by atoms with Crippen LogP contribution in [0.2, 0.25) is 0 Å². The van der Waals surface area contributed by atoms with E-state index >= 15 is 0 Å². The summed E-state index contributed by atoms with van der Waals surface area (Å²) in [5.41, 5.74) is 0.955. The van der Waals surface area contributed by atoms with Crippen LogP contribution in [0.25, 0.3) is 0 Å². The Morgan fingerprint density at radius 2 is 2.05 bits per heavy atom. The Labute approximate surface area is 115 Å². The largest absolute Gasteiger partial charge is 0.492 e. The van der Waals surface area contributed by atoms with Crippen LogP contribution in [0.4, 0.5) is 0 Å². The molecule has 0 heterocycles. The highest BCUT2D eigenvalue weighted by atomic mass is 16.5. The van der Waals surface area contributed by atoms with Crippen molar-refractivity contribution in [3.63, 3.8) is 0 Å². The number of aliphatic hydroxyl groups excluding tert-OH is 1. The summed E-state index contributed by atoms with van der Waals surface area (Å²) in [7, 11) is 2.15. The Hall–Kier alpha value is -1.50. The molecule has 1 fully saturated rings. The molecule has 102 valence electrons. The number of hydrogen-bond acceptors (Lipinski definition) is 3. The van der Waals surface area contributed by atoms with E-state index in [0.717, 1.165) is 30.5 Å². The van der Waals surface area contributed by atoms with Gasteiger partial charge in [-0.05, 0) is 44.2 Å². The smallest absolute Gasteiger partial charge is 0.119 e. The summed E-state index contributed by atoms with van der Waals surface area (Å²) in [4.78, 5) is 2.36. The molecule has 1 aliphatic rings. The molecule has 0 unspecified atom stereocenters. The van der Waals surface area contributed by atoms with E-state index in [-0.39, 0.29) is 6.61 Å². The first-order valence-corrected chi connectivity index (χ1v) is 6.82. The molecule has 0 spiro atoms. The molecule has 19 heavy (non-hydrogen) atoms. The average Bonchev–Trinajstić information content (AvgIpc) is 3.25. The van der Waals surface area contributed by atoms with E-state index in [1.807, 2.05) is 24.3 Å². The SMILES string of the molecule is CN(CCOc1ccc(C#CCCO)cc1)C1CC1. The third-order valence-electron chi connectivity index (χ3n) is 3.21. The van der Waals surface area contributed by atoms with Gasteiger partial charge in [0.1, 0.15) is 12.4 Å². The van der Waals surface area contributed by atoms with Gasteiger partial charge in [0.15, 0.2) is 0 Å². The van der Waals surface area contributed by atoms with Crippen LogP contribution in [0.15, 0.2) is 24.3 Å². The Morgan fingerprint density at radius 3 is 2.68 bits per heavy atom. The first-order valence-electron chi connectivity index (χ1n) is 6.82. The number of nitrogens with zero attached hydrogens (tertiary/aromatic N) is 1. The van der Waals surface area contributed by atoms with Crippen molar-refractivity contribution in [1.82, 2.24) is 4.90 Å². The van der Waals surface area contributed by atoms with Gasteiger partial charge in [-0.1, -0.05) is 11.8 Å². The van der Waals surface area contributed by atoms with E-state index in [1.165, 1.54) is 12.8 Å². The minimum absolute atomic E-state index is 0.114. The van der Waals surface area contributed by atoms with Crippen LogP contribution in [0, 0.1) is 11.8 Å². The Kier molecular flexibility index (Phi) is 5.26. The van der Waals surface area contributed by atoms with Gasteiger partial charge in [0, 0.05) is 24.6 Å². The summed E-state index contributed by atoms with van der Waals surface area (Å²) in [6.45, 7) is 1.81. The molecule has 0 bridgehead atoms. The molecule has 2 rings (SSSR count). The summed E-state index contributed by atoms with van der Waals surface area (Å²) in [6.07, 6.45) is 3.18. The maximum absolute atomic E-state index is 8.65. The summed E-state index contributed by atoms with van der Waals surface area (Å²) in [5, 5.41) is 8.65. The summed E-state index contributed by atoms with van der Waals surface area (Å²) in [5.74, 6) is 6.78. The Balaban J connectivity index is 1.73. The van der Waals surface area contributed by atoms with Gasteiger partial charge in [-0.15, -0.1) is 0 Å². The zero-order valence-corrected chi connectivity index (χ0v) is 11.4. The van der Waals surface area contributed by atoms with Crippen molar-refractivity contribution in [1.29, 1.82) is 0 Å². The highest BCUT2D eigenvalue weighted by Crippen LogP contribution is 2.24. The lowest BCUT2D eigenvalue weighted by atomic mass is 10.2. The van der Waals surface area contributed by atoms with Gasteiger partial charge in [-0.2, -0.15) is 0 Å². The summed E-state index contributed by atoms with van der Waals surface area (Å²) >= 11 is 0. The fourth-order valence-electron chi connectivity index (χ4n) is 1.86. The molecule has 1 aromatic carbocycles. The third-order valence-corrected chi connectivity index (χ3v) is 3.21. The molecule has 1 aromatic rings. The van der Waals surface area contributed by atoms with Gasteiger partial charge in [-0.3, -0.25) is 0 Å². The van der Waals surface area contributed by atoms with Gasteiger partial charge < -0.3 is 14.7 Å². The van der Waals surface area contributed by atoms with Crippen LogP contribution in [0.3, 0.4) is 0 Å². The molecule has 0 radical (unpaired) electrons. The average molecular weight is 259 g/mol. The molecule has 3 nitrogen and oxygen atoms in total. The fourth-order valence-corrected chi connectivity index (χ4v) is 1.86. The molecule has 1 N–H and O–H groups in total. The predicted molar refractivity (Wildman–Crippen MR) is 76.2 cm³/mol. The molecule has 1 saturated carbocycles. The molecule has 0 amide bonds. The maximum atomic E-state index is 8.65. The normalized spacial score (nSPS) is 14.1. The number of benzene rings is 1. The lowest BCUT2D eigenvalue weighted by Gasteiger charge is -2.15. The van der Waals surface area contributed by atoms with E-state index in [4.69, 9.17) is 9.84 Å². The number of likely N-dealkylation sites (N-methyl/N-ethyl adjacent to an activating group) is 1. The van der Waals surface area contributed by atoms with E-state index in [2.05, 4.69) is 23.8 Å². The number of aliphatic hydroxyl groups is 1. The number of rotatable bonds is 6. The predicted octanol–water partition coefficient (Wildman–Crippen LogP) is 1.89. The van der Waals surface area contributed by atoms with Crippen molar-refractivity contribution in [2.75, 3.05) is 26.8 Å². The molecule has 0 saturated heterocycles. The van der Waals surface area contributed by atoms with E-state index < -0.39 is 0 Å². The molecule has 0 atom stereocenters. The first kappa shape index (κ1) is 13.9. The second-order valence-corrected chi connectivity index (χ2v) is 4.86. The van der Waals surface area contributed by atoms with Crippen molar-refractivity contribution in [2.45, 2.75) is 25.3 Å². The van der Waals surface area contributed by atoms with Gasteiger partial charge in [0.2, 0.25) is 0 Å². The van der Waals surface area contributed by atoms with Crippen molar-refractivity contribution in [3.8, 4) is 17.6 Å². The molecule has 0 aromatic heterocycles. The van der Waals surface area contributed by atoms with Crippen LogP contribution < -0.4 is 4.74 Å². The molecular weight excluding hydrogens is 238 g/mol. The van der Waals surface area contributed by atoms with Gasteiger partial charge in [-0.25, -0.2) is 0 Å². The second-order valence-electron chi connectivity index (χ2n) is 4.86. The third kappa shape index (κ3) is 4.94. The number of hydrogen-bond donors (Lipinski definition) is 1. The lowest BCUT2D eigenvalue weighted by Crippen LogP contribution is -2.26. The van der Waals surface area contributed by atoms with Crippen LogP contribution in [0.5, 0.6) is 5.75 Å². The van der Waals surface area contributed by atoms with Crippen molar-refractivity contribution in [3.05, 3.63) is 29.8 Å². The topological polar surface area (TPSA) is 32.7 Å². The van der Waals surface area contributed by atoms with Crippen LogP contribution in [-0.4, -0.2) is 42.9 Å². The molecule has 3 heteroatoms. The summed E-state index contributed by atoms with van der Waals surface area (Å²) in [6, 6.07) is 8.57. The Bertz CT molecular complexity index is 440. The first-order chi connectivity index (χ1) is 9.29. The summed E-state index contributed by atoms with van der Waals surface area (Å²) < 4.78 is 5.71. The van der Waals surface area contributed by atoms with E-state index in [0.29, 0.717) is 6.42 Å². The monoisotopic (exact) mass is 259 g/mol. The van der Waals surface area contributed by atoms with E-state index in [9.17, 15) is 0 Å². The minimum atomic E-state index is 0.114. The zero-order chi connectivity index (χ0) is 13.5. The lowest BCUT2D eigenvalue weighted by molar-refractivity contribution is 0.232. The van der Waals surface area contributed by atoms with Gasteiger partial charge in [0.25, 0.3) is 0 Å². The van der Waals surface area contributed by atoms with Gasteiger partial charge in [0.05, 0.1) is 6.61 Å². The second kappa shape index (κ2) is 7.18. The van der Waals surface area contributed by atoms with E-state index in [1.54, 1.807) is 0 Å². The van der Waals surface area contributed by atoms with Crippen molar-refractivity contribution >= 4 is 0 Å². The highest BCUT2D eigenvalue weighted by molar-refractivity contribution is 5.38. The quantitative estimate of drug-likeness (QED) is 0.792. The standard InChI is InChI=1S/C16H21NO2/c1-17(15-7-8-15)11-13-19-16-9-5-14(6-10-16)4-2-3-12-18/h5-6,9-10,15,18H,3,7-8,11-13H2,1H3. The van der Waals surface area contributed by atoms with Crippen LogP contribution >= 0.6 is 0 Å². The van der Waals surface area contributed by atoms with Crippen LogP contribution in [-0.2, 0) is 0 Å². The van der Waals surface area contributed by atoms with Crippen molar-refractivity contribution in [2.24, 2.45) is 0 Å². The fraction of sp³-hybridized carbons (Fsp3) is 0.500. The molecule has 1 aliphatic carbocycles. The zero-order valence-electron chi connectivity index (χ0n) is 11.4. The van der Waals surface area contributed by atoms with Crippen LogP contribution in [0.1, 0.15) is 24.8 Å². The minimum Gasteiger partial charge on any atom is -0.492 e. The highest BCUT2D eigenvalue weighted by Gasteiger charge is 2.25. The number of ether oxygens (including phenoxy) is 1. The Morgan fingerprint density at radius 1 is 1.32 bits per heavy atom.